The van der Waals surface area contributed by atoms with Crippen molar-refractivity contribution in [2.75, 3.05) is 13.1 Å². The summed E-state index contributed by atoms with van der Waals surface area (Å²) in [7, 11) is 0. The van der Waals surface area contributed by atoms with Crippen molar-refractivity contribution in [3.05, 3.63) is 34.9 Å². The molecule has 3 nitrogen and oxygen atoms in total. The Morgan fingerprint density at radius 1 is 1.41 bits per heavy atom. The van der Waals surface area contributed by atoms with Gasteiger partial charge < -0.3 is 10.6 Å². The molecule has 1 aliphatic heterocycles. The Morgan fingerprint density at radius 3 is 2.77 bits per heavy atom. The van der Waals surface area contributed by atoms with Gasteiger partial charge in [0.15, 0.2) is 0 Å². The van der Waals surface area contributed by atoms with Crippen LogP contribution in [-0.2, 0) is 11.2 Å². The lowest BCUT2D eigenvalue weighted by Gasteiger charge is -2.27. The maximum absolute atomic E-state index is 12.1. The summed E-state index contributed by atoms with van der Waals surface area (Å²) in [6.45, 7) is 6.23. The molecule has 0 bridgehead atoms. The Balaban J connectivity index is 0.00000242. The summed E-state index contributed by atoms with van der Waals surface area (Å²) in [5.74, 6) is 0.793. The van der Waals surface area contributed by atoms with Crippen LogP contribution in [-0.4, -0.2) is 24.5 Å². The molecule has 1 atom stereocenters. The molecule has 124 valence electrons. The largest absolute Gasteiger partial charge is 0.351 e. The van der Waals surface area contributed by atoms with Crippen molar-refractivity contribution >= 4 is 29.9 Å². The Labute approximate surface area is 144 Å². The number of carbonyl (C=O) groups excluding carboxylic acids is 1. The minimum atomic E-state index is -0.282. The van der Waals surface area contributed by atoms with Crippen molar-refractivity contribution in [2.45, 2.75) is 45.1 Å². The van der Waals surface area contributed by atoms with E-state index >= 15 is 0 Å². The molecule has 1 aromatic rings. The molecule has 0 aromatic heterocycles. The summed E-state index contributed by atoms with van der Waals surface area (Å²) in [5.41, 5.74) is 0.792. The van der Waals surface area contributed by atoms with E-state index in [2.05, 4.69) is 10.6 Å². The van der Waals surface area contributed by atoms with E-state index in [-0.39, 0.29) is 23.9 Å². The lowest BCUT2D eigenvalue weighted by atomic mass is 9.94. The van der Waals surface area contributed by atoms with E-state index in [0.717, 1.165) is 36.5 Å². The number of nitrogens with one attached hydrogen (secondary N) is 2. The van der Waals surface area contributed by atoms with E-state index in [1.54, 1.807) is 0 Å². The second-order valence-electron chi connectivity index (χ2n) is 6.60. The highest BCUT2D eigenvalue weighted by Gasteiger charge is 2.23. The summed E-state index contributed by atoms with van der Waals surface area (Å²) in [5, 5.41) is 7.24. The molecule has 1 saturated heterocycles. The van der Waals surface area contributed by atoms with Crippen LogP contribution in [0.15, 0.2) is 24.3 Å². The Morgan fingerprint density at radius 2 is 2.14 bits per heavy atom. The fourth-order valence-corrected chi connectivity index (χ4v) is 3.10. The van der Waals surface area contributed by atoms with Gasteiger partial charge in [-0.25, -0.2) is 0 Å². The van der Waals surface area contributed by atoms with Crippen molar-refractivity contribution in [1.29, 1.82) is 0 Å². The third-order valence-electron chi connectivity index (χ3n) is 4.01. The summed E-state index contributed by atoms with van der Waals surface area (Å²) >= 11 is 6.19. The normalized spacial score (nSPS) is 17.9. The van der Waals surface area contributed by atoms with Crippen molar-refractivity contribution in [3.63, 3.8) is 0 Å². The molecular weight excluding hydrogens is 319 g/mol. The summed E-state index contributed by atoms with van der Waals surface area (Å²) in [6.07, 6.45) is 3.51. The Kier molecular flexibility index (Phi) is 7.67. The molecule has 0 aliphatic carbocycles. The molecular formula is C17H26Cl2N2O. The minimum absolute atomic E-state index is 0. The first-order valence-electron chi connectivity index (χ1n) is 7.71. The highest BCUT2D eigenvalue weighted by Crippen LogP contribution is 2.21. The fraction of sp³-hybridized carbons (Fsp3) is 0.588. The smallest absolute Gasteiger partial charge is 0.220 e. The third-order valence-corrected chi connectivity index (χ3v) is 4.38. The first-order chi connectivity index (χ1) is 9.96. The number of benzene rings is 1. The average Bonchev–Trinajstić information content (AvgIpc) is 2.91. The van der Waals surface area contributed by atoms with Gasteiger partial charge in [-0.05, 0) is 63.7 Å². The van der Waals surface area contributed by atoms with Gasteiger partial charge in [-0.2, -0.15) is 0 Å². The second-order valence-corrected chi connectivity index (χ2v) is 7.00. The molecule has 1 aliphatic rings. The molecule has 1 unspecified atom stereocenters. The van der Waals surface area contributed by atoms with Crippen LogP contribution in [0.1, 0.15) is 38.7 Å². The van der Waals surface area contributed by atoms with Crippen LogP contribution in [0.25, 0.3) is 0 Å². The first kappa shape index (κ1) is 19.3. The van der Waals surface area contributed by atoms with E-state index < -0.39 is 0 Å². The van der Waals surface area contributed by atoms with Crippen LogP contribution in [0.3, 0.4) is 0 Å². The van der Waals surface area contributed by atoms with E-state index in [4.69, 9.17) is 11.6 Å². The van der Waals surface area contributed by atoms with Crippen molar-refractivity contribution in [3.8, 4) is 0 Å². The number of rotatable bonds is 6. The Hall–Kier alpha value is -0.770. The maximum Gasteiger partial charge on any atom is 0.220 e. The zero-order valence-electron chi connectivity index (χ0n) is 13.3. The minimum Gasteiger partial charge on any atom is -0.351 e. The molecule has 2 rings (SSSR count). The number of carbonyl (C=O) groups is 1. The highest BCUT2D eigenvalue weighted by atomic mass is 35.5. The summed E-state index contributed by atoms with van der Waals surface area (Å²) < 4.78 is 0. The van der Waals surface area contributed by atoms with Crippen molar-refractivity contribution in [1.82, 2.24) is 10.6 Å². The molecule has 5 heteroatoms. The molecule has 1 amide bonds. The summed E-state index contributed by atoms with van der Waals surface area (Å²) in [4.78, 5) is 12.1. The molecule has 1 aromatic carbocycles. The van der Waals surface area contributed by atoms with Gasteiger partial charge in [-0.1, -0.05) is 29.8 Å². The topological polar surface area (TPSA) is 41.1 Å². The SMILES string of the molecule is CC(C)(Cc1ccccc1Cl)NC(=O)CCC1CCNC1.Cl. The van der Waals surface area contributed by atoms with Gasteiger partial charge >= 0.3 is 0 Å². The van der Waals surface area contributed by atoms with E-state index in [1.807, 2.05) is 38.1 Å². The first-order valence-corrected chi connectivity index (χ1v) is 8.09. The number of hydrogen-bond donors (Lipinski definition) is 2. The molecule has 1 heterocycles. The van der Waals surface area contributed by atoms with E-state index in [1.165, 1.54) is 6.42 Å². The van der Waals surface area contributed by atoms with Gasteiger partial charge in [0.25, 0.3) is 0 Å². The number of halogens is 2. The van der Waals surface area contributed by atoms with Crippen LogP contribution in [0, 0.1) is 5.92 Å². The van der Waals surface area contributed by atoms with Gasteiger partial charge in [0.1, 0.15) is 0 Å². The molecule has 1 fully saturated rings. The molecule has 0 saturated carbocycles. The maximum atomic E-state index is 12.1. The van der Waals surface area contributed by atoms with Crippen LogP contribution >= 0.6 is 24.0 Å². The van der Waals surface area contributed by atoms with Crippen molar-refractivity contribution < 1.29 is 4.79 Å². The highest BCUT2D eigenvalue weighted by molar-refractivity contribution is 6.31. The van der Waals surface area contributed by atoms with E-state index in [9.17, 15) is 4.79 Å². The summed E-state index contributed by atoms with van der Waals surface area (Å²) in [6, 6.07) is 7.81. The number of amides is 1. The third kappa shape index (κ3) is 6.15. The van der Waals surface area contributed by atoms with Gasteiger partial charge in [0.05, 0.1) is 0 Å². The fourth-order valence-electron chi connectivity index (χ4n) is 2.90. The lowest BCUT2D eigenvalue weighted by Crippen LogP contribution is -2.45. The zero-order valence-corrected chi connectivity index (χ0v) is 14.9. The van der Waals surface area contributed by atoms with Gasteiger partial charge in [0, 0.05) is 17.0 Å². The van der Waals surface area contributed by atoms with E-state index in [0.29, 0.717) is 12.3 Å². The van der Waals surface area contributed by atoms with Gasteiger partial charge in [-0.3, -0.25) is 4.79 Å². The number of hydrogen-bond acceptors (Lipinski definition) is 2. The predicted molar refractivity (Wildman–Crippen MR) is 94.8 cm³/mol. The van der Waals surface area contributed by atoms with Crippen molar-refractivity contribution in [2.24, 2.45) is 5.92 Å². The predicted octanol–water partition coefficient (Wildman–Crippen LogP) is 3.59. The average molecular weight is 345 g/mol. The zero-order chi connectivity index (χ0) is 15.3. The second kappa shape index (κ2) is 8.76. The molecule has 22 heavy (non-hydrogen) atoms. The van der Waals surface area contributed by atoms with Crippen LogP contribution in [0.4, 0.5) is 0 Å². The molecule has 2 N–H and O–H groups in total. The van der Waals surface area contributed by atoms with Crippen LogP contribution < -0.4 is 10.6 Å². The molecule has 0 spiro atoms. The van der Waals surface area contributed by atoms with Crippen LogP contribution in [0.2, 0.25) is 5.02 Å². The van der Waals surface area contributed by atoms with Gasteiger partial charge in [-0.15, -0.1) is 12.4 Å². The quantitative estimate of drug-likeness (QED) is 0.827. The van der Waals surface area contributed by atoms with Crippen LogP contribution in [0.5, 0.6) is 0 Å². The standard InChI is InChI=1S/C17H25ClN2O.ClH/c1-17(2,11-14-5-3-4-6-15(14)18)20-16(21)8-7-13-9-10-19-12-13;/h3-6,13,19H,7-12H2,1-2H3,(H,20,21);1H. The van der Waals surface area contributed by atoms with Gasteiger partial charge in [0.2, 0.25) is 5.91 Å². The lowest BCUT2D eigenvalue weighted by molar-refractivity contribution is -0.122. The molecule has 0 radical (unpaired) electrons. The Bertz CT molecular complexity index is 485. The monoisotopic (exact) mass is 344 g/mol.